The lowest BCUT2D eigenvalue weighted by Crippen LogP contribution is -2.49. The Bertz CT molecular complexity index is 755. The monoisotopic (exact) mass is 386 g/mol. The van der Waals surface area contributed by atoms with Crippen LogP contribution in [-0.4, -0.2) is 50.9 Å². The molecule has 0 bridgehead atoms. The molecule has 0 heterocycles. The fourth-order valence-corrected chi connectivity index (χ4v) is 3.98. The highest BCUT2D eigenvalue weighted by molar-refractivity contribution is 7.86. The summed E-state index contributed by atoms with van der Waals surface area (Å²) in [4.78, 5) is 23.0. The van der Waals surface area contributed by atoms with Crippen LogP contribution in [0.2, 0.25) is 0 Å². The Labute approximate surface area is 152 Å². The fourth-order valence-electron chi connectivity index (χ4n) is 2.88. The number of methoxy groups -OCH3 is 1. The Morgan fingerprint density at radius 1 is 1.12 bits per heavy atom. The maximum Gasteiger partial charge on any atom is 0.308 e. The number of esters is 2. The van der Waals surface area contributed by atoms with Crippen molar-refractivity contribution in [2.45, 2.75) is 49.9 Å². The third kappa shape index (κ3) is 4.80. The largest absolute Gasteiger partial charge is 0.469 e. The molecular weight excluding hydrogens is 364 g/mol. The van der Waals surface area contributed by atoms with Crippen LogP contribution in [0.25, 0.3) is 0 Å². The van der Waals surface area contributed by atoms with Gasteiger partial charge in [0.2, 0.25) is 0 Å². The van der Waals surface area contributed by atoms with Crippen molar-refractivity contribution >= 4 is 22.1 Å². The Morgan fingerprint density at radius 3 is 2.23 bits per heavy atom. The molecule has 4 atom stereocenters. The molecule has 1 fully saturated rings. The summed E-state index contributed by atoms with van der Waals surface area (Å²) in [5.74, 6) is -2.00. The van der Waals surface area contributed by atoms with Crippen LogP contribution in [-0.2, 0) is 33.4 Å². The van der Waals surface area contributed by atoms with Gasteiger partial charge in [-0.25, -0.2) is 0 Å². The van der Waals surface area contributed by atoms with Gasteiger partial charge in [-0.15, -0.1) is 0 Å². The van der Waals surface area contributed by atoms with Crippen molar-refractivity contribution in [3.63, 3.8) is 0 Å². The smallest absolute Gasteiger partial charge is 0.308 e. The maximum absolute atomic E-state index is 12.5. The Kier molecular flexibility index (Phi) is 6.38. The van der Waals surface area contributed by atoms with Gasteiger partial charge in [-0.3, -0.25) is 13.8 Å². The lowest BCUT2D eigenvalue weighted by atomic mass is 9.83. The molecule has 0 radical (unpaired) electrons. The van der Waals surface area contributed by atoms with Gasteiger partial charge in [0.25, 0.3) is 10.1 Å². The summed E-state index contributed by atoms with van der Waals surface area (Å²) in [5, 5.41) is 10.4. The third-order valence-electron chi connectivity index (χ3n) is 4.21. The summed E-state index contributed by atoms with van der Waals surface area (Å²) < 4.78 is 39.8. The lowest BCUT2D eigenvalue weighted by molar-refractivity contribution is -0.171. The number of hydrogen-bond donors (Lipinski definition) is 1. The average molecular weight is 386 g/mol. The van der Waals surface area contributed by atoms with Crippen molar-refractivity contribution in [2.75, 3.05) is 7.11 Å². The molecule has 0 spiro atoms. The Hall–Kier alpha value is -1.97. The zero-order valence-corrected chi connectivity index (χ0v) is 15.6. The Balaban J connectivity index is 2.24. The van der Waals surface area contributed by atoms with Gasteiger partial charge in [-0.05, 0) is 25.5 Å². The summed E-state index contributed by atoms with van der Waals surface area (Å²) in [6.45, 7) is 2.97. The van der Waals surface area contributed by atoms with Crippen molar-refractivity contribution < 1.29 is 36.8 Å². The molecule has 1 unspecified atom stereocenters. The summed E-state index contributed by atoms with van der Waals surface area (Å²) in [6.07, 6.45) is -3.75. The fraction of sp³-hybridized carbons (Fsp3) is 0.529. The van der Waals surface area contributed by atoms with Gasteiger partial charge in [0.1, 0.15) is 18.3 Å². The van der Waals surface area contributed by atoms with Crippen LogP contribution in [0.15, 0.2) is 29.2 Å². The predicted molar refractivity (Wildman–Crippen MR) is 89.5 cm³/mol. The molecule has 9 heteroatoms. The summed E-state index contributed by atoms with van der Waals surface area (Å²) >= 11 is 0. The molecule has 0 aromatic heterocycles. The molecule has 1 aliphatic carbocycles. The number of aryl methyl sites for hydroxylation is 1. The number of carbonyl (C=O) groups excluding carboxylic acids is 2. The predicted octanol–water partition coefficient (Wildman–Crippen LogP) is 0.945. The molecule has 2 rings (SSSR count). The summed E-state index contributed by atoms with van der Waals surface area (Å²) in [7, 11) is -2.97. The normalized spacial score (nSPS) is 26.2. The van der Waals surface area contributed by atoms with E-state index in [2.05, 4.69) is 4.74 Å². The number of aliphatic hydroxyl groups excluding tert-OH is 1. The average Bonchev–Trinajstić information content (AvgIpc) is 2.57. The number of ether oxygens (including phenoxy) is 2. The van der Waals surface area contributed by atoms with E-state index in [0.717, 1.165) is 12.5 Å². The highest BCUT2D eigenvalue weighted by atomic mass is 32.2. The van der Waals surface area contributed by atoms with Crippen LogP contribution in [0.4, 0.5) is 0 Å². The number of aliphatic hydroxyl groups is 1. The van der Waals surface area contributed by atoms with E-state index in [4.69, 9.17) is 8.92 Å². The van der Waals surface area contributed by atoms with Gasteiger partial charge < -0.3 is 14.6 Å². The number of hydrogen-bond acceptors (Lipinski definition) is 8. The van der Waals surface area contributed by atoms with E-state index in [1.165, 1.54) is 19.2 Å². The molecule has 0 amide bonds. The van der Waals surface area contributed by atoms with E-state index in [-0.39, 0.29) is 17.7 Å². The second kappa shape index (κ2) is 8.15. The Morgan fingerprint density at radius 2 is 1.69 bits per heavy atom. The first kappa shape index (κ1) is 20.3. The van der Waals surface area contributed by atoms with Crippen molar-refractivity contribution in [1.82, 2.24) is 0 Å². The molecule has 1 aromatic carbocycles. The molecule has 8 nitrogen and oxygen atoms in total. The second-order valence-electron chi connectivity index (χ2n) is 6.23. The standard InChI is InChI=1S/C17H22O8S/c1-10-4-6-13(7-5-10)26(21,22)25-15-9-12(17(20)23-3)8-14(16(15)19)24-11(2)18/h4-7,12,14-16,19H,8-9H2,1-3H3/t12?,14-,15-,16+/m1/s1. The van der Waals surface area contributed by atoms with Gasteiger partial charge in [0, 0.05) is 13.3 Å². The van der Waals surface area contributed by atoms with Crippen LogP contribution in [0.1, 0.15) is 25.3 Å². The molecule has 0 aliphatic heterocycles. The molecular formula is C17H22O8S. The lowest BCUT2D eigenvalue weighted by Gasteiger charge is -2.36. The van der Waals surface area contributed by atoms with Crippen LogP contribution >= 0.6 is 0 Å². The number of rotatable bonds is 5. The van der Waals surface area contributed by atoms with Gasteiger partial charge in [0.15, 0.2) is 0 Å². The van der Waals surface area contributed by atoms with Crippen molar-refractivity contribution in [1.29, 1.82) is 0 Å². The van der Waals surface area contributed by atoms with Gasteiger partial charge in [0.05, 0.1) is 17.9 Å². The molecule has 1 N–H and O–H groups in total. The van der Waals surface area contributed by atoms with E-state index in [0.29, 0.717) is 0 Å². The zero-order chi connectivity index (χ0) is 19.5. The van der Waals surface area contributed by atoms with Crippen LogP contribution in [0.5, 0.6) is 0 Å². The molecule has 1 saturated carbocycles. The van der Waals surface area contributed by atoms with Crippen LogP contribution < -0.4 is 0 Å². The van der Waals surface area contributed by atoms with Crippen LogP contribution in [0, 0.1) is 12.8 Å². The van der Waals surface area contributed by atoms with E-state index in [1.54, 1.807) is 12.1 Å². The van der Waals surface area contributed by atoms with Gasteiger partial charge in [-0.2, -0.15) is 8.42 Å². The molecule has 144 valence electrons. The zero-order valence-electron chi connectivity index (χ0n) is 14.7. The second-order valence-corrected chi connectivity index (χ2v) is 7.80. The molecule has 0 saturated heterocycles. The minimum atomic E-state index is -4.17. The van der Waals surface area contributed by atoms with E-state index < -0.39 is 46.3 Å². The van der Waals surface area contributed by atoms with E-state index >= 15 is 0 Å². The number of carbonyl (C=O) groups is 2. The maximum atomic E-state index is 12.5. The van der Waals surface area contributed by atoms with Crippen molar-refractivity contribution in [3.05, 3.63) is 29.8 Å². The minimum absolute atomic E-state index is 0.0257. The van der Waals surface area contributed by atoms with E-state index in [9.17, 15) is 23.1 Å². The van der Waals surface area contributed by atoms with E-state index in [1.807, 2.05) is 6.92 Å². The highest BCUT2D eigenvalue weighted by Crippen LogP contribution is 2.32. The van der Waals surface area contributed by atoms with Crippen molar-refractivity contribution in [2.24, 2.45) is 5.92 Å². The van der Waals surface area contributed by atoms with Gasteiger partial charge >= 0.3 is 11.9 Å². The quantitative estimate of drug-likeness (QED) is 0.587. The number of benzene rings is 1. The molecule has 1 aliphatic rings. The molecule has 26 heavy (non-hydrogen) atoms. The first-order chi connectivity index (χ1) is 12.1. The topological polar surface area (TPSA) is 116 Å². The third-order valence-corrected chi connectivity index (χ3v) is 5.56. The van der Waals surface area contributed by atoms with Crippen molar-refractivity contribution in [3.8, 4) is 0 Å². The first-order valence-corrected chi connectivity index (χ1v) is 9.48. The summed E-state index contributed by atoms with van der Waals surface area (Å²) in [6, 6.07) is 6.02. The SMILES string of the molecule is COC(=O)C1C[C@@H](OC(C)=O)[C@H](O)[C@H](OS(=O)(=O)c2ccc(C)cc2)C1. The molecule has 1 aromatic rings. The van der Waals surface area contributed by atoms with Crippen LogP contribution in [0.3, 0.4) is 0 Å². The first-order valence-electron chi connectivity index (χ1n) is 8.07. The highest BCUT2D eigenvalue weighted by Gasteiger charge is 2.44. The summed E-state index contributed by atoms with van der Waals surface area (Å²) in [5.41, 5.74) is 0.877. The van der Waals surface area contributed by atoms with Gasteiger partial charge in [-0.1, -0.05) is 17.7 Å². The minimum Gasteiger partial charge on any atom is -0.469 e.